The monoisotopic (exact) mass is 512 g/mol. The second-order valence-electron chi connectivity index (χ2n) is 9.50. The van der Waals surface area contributed by atoms with Gasteiger partial charge in [0.15, 0.2) is 5.78 Å². The van der Waals surface area contributed by atoms with Gasteiger partial charge >= 0.3 is 0 Å². The van der Waals surface area contributed by atoms with E-state index in [0.29, 0.717) is 52.4 Å². The standard InChI is InChI=1S/C31H29FN2O4/c1-18-28(31(36)34-22-11-7-10-21(32)16-22)29(24-13-12-23(37-2)17-27(24)38-3)30-25(33-18)14-20(15-26(30)35)19-8-5-4-6-9-19/h4-13,16-17,20,29,33H,14-15H2,1-3H3,(H,34,36). The fraction of sp³-hybridized carbons (Fsp3) is 0.226. The van der Waals surface area contributed by atoms with Crippen LogP contribution in [0.25, 0.3) is 0 Å². The smallest absolute Gasteiger partial charge is 0.254 e. The minimum Gasteiger partial charge on any atom is -0.497 e. The van der Waals surface area contributed by atoms with Crippen LogP contribution in [-0.4, -0.2) is 25.9 Å². The molecule has 0 aromatic heterocycles. The molecule has 5 rings (SSSR count). The van der Waals surface area contributed by atoms with Crippen LogP contribution in [-0.2, 0) is 9.59 Å². The Balaban J connectivity index is 1.61. The van der Waals surface area contributed by atoms with Crippen LogP contribution in [0.1, 0.15) is 42.7 Å². The Labute approximate surface area is 221 Å². The molecule has 2 unspecified atom stereocenters. The minimum atomic E-state index is -0.676. The molecule has 2 aliphatic rings. The van der Waals surface area contributed by atoms with Gasteiger partial charge in [-0.1, -0.05) is 42.5 Å². The molecule has 0 bridgehead atoms. The molecular weight excluding hydrogens is 483 g/mol. The SMILES string of the molecule is COc1ccc(C2C(C(=O)Nc3cccc(F)c3)=C(C)NC3=C2C(=O)CC(c2ccccc2)C3)c(OC)c1. The quantitative estimate of drug-likeness (QED) is 0.434. The third-order valence-corrected chi connectivity index (χ3v) is 7.18. The molecule has 0 saturated carbocycles. The number of nitrogens with one attached hydrogen (secondary N) is 2. The third-order valence-electron chi connectivity index (χ3n) is 7.18. The molecule has 3 aromatic rings. The fourth-order valence-corrected chi connectivity index (χ4v) is 5.43. The van der Waals surface area contributed by atoms with Gasteiger partial charge in [-0.3, -0.25) is 9.59 Å². The van der Waals surface area contributed by atoms with E-state index in [9.17, 15) is 14.0 Å². The van der Waals surface area contributed by atoms with Gasteiger partial charge in [0.05, 0.1) is 20.1 Å². The molecule has 1 aliphatic carbocycles. The molecule has 3 aromatic carbocycles. The van der Waals surface area contributed by atoms with Gasteiger partial charge in [0.2, 0.25) is 0 Å². The molecule has 1 amide bonds. The summed E-state index contributed by atoms with van der Waals surface area (Å²) in [6.07, 6.45) is 0.966. The molecule has 0 fully saturated rings. The highest BCUT2D eigenvalue weighted by molar-refractivity contribution is 6.10. The zero-order chi connectivity index (χ0) is 26.8. The first-order valence-corrected chi connectivity index (χ1v) is 12.5. The van der Waals surface area contributed by atoms with E-state index in [-0.39, 0.29) is 11.7 Å². The van der Waals surface area contributed by atoms with Crippen LogP contribution in [0.5, 0.6) is 11.5 Å². The summed E-state index contributed by atoms with van der Waals surface area (Å²) in [5.74, 6) is -0.451. The average Bonchev–Trinajstić information content (AvgIpc) is 2.92. The summed E-state index contributed by atoms with van der Waals surface area (Å²) in [4.78, 5) is 27.6. The summed E-state index contributed by atoms with van der Waals surface area (Å²) in [7, 11) is 3.11. The Bertz CT molecular complexity index is 1460. The summed E-state index contributed by atoms with van der Waals surface area (Å²) < 4.78 is 24.9. The Kier molecular flexibility index (Phi) is 7.01. The second-order valence-corrected chi connectivity index (χ2v) is 9.50. The first-order chi connectivity index (χ1) is 18.4. The number of carbonyl (C=O) groups is 2. The Morgan fingerprint density at radius 1 is 0.974 bits per heavy atom. The second kappa shape index (κ2) is 10.5. The summed E-state index contributed by atoms with van der Waals surface area (Å²) in [6, 6.07) is 21.1. The number of ketones is 1. The summed E-state index contributed by atoms with van der Waals surface area (Å²) >= 11 is 0. The van der Waals surface area contributed by atoms with E-state index in [1.807, 2.05) is 43.3 Å². The largest absolute Gasteiger partial charge is 0.497 e. The number of carbonyl (C=O) groups excluding carboxylic acids is 2. The van der Waals surface area contributed by atoms with Crippen LogP contribution in [0, 0.1) is 5.82 Å². The van der Waals surface area contributed by atoms with Gasteiger partial charge in [-0.05, 0) is 49.1 Å². The maximum absolute atomic E-state index is 13.8. The van der Waals surface area contributed by atoms with Crippen molar-refractivity contribution in [3.05, 3.63) is 112 Å². The number of ether oxygens (including phenoxy) is 2. The number of methoxy groups -OCH3 is 2. The lowest BCUT2D eigenvalue weighted by atomic mass is 9.71. The predicted octanol–water partition coefficient (Wildman–Crippen LogP) is 5.84. The first-order valence-electron chi connectivity index (χ1n) is 12.5. The number of anilines is 1. The lowest BCUT2D eigenvalue weighted by Crippen LogP contribution is -2.37. The zero-order valence-corrected chi connectivity index (χ0v) is 21.5. The molecule has 0 radical (unpaired) electrons. The summed E-state index contributed by atoms with van der Waals surface area (Å²) in [6.45, 7) is 1.82. The van der Waals surface area contributed by atoms with Gasteiger partial charge in [-0.15, -0.1) is 0 Å². The van der Waals surface area contributed by atoms with Gasteiger partial charge in [0.25, 0.3) is 5.91 Å². The first kappa shape index (κ1) is 25.3. The Hall–Kier alpha value is -4.39. The Morgan fingerprint density at radius 3 is 2.47 bits per heavy atom. The number of Topliss-reactive ketones (excluding diaryl/α,β-unsaturated/α-hetero) is 1. The molecule has 7 heteroatoms. The summed E-state index contributed by atoms with van der Waals surface area (Å²) in [5, 5.41) is 6.19. The van der Waals surface area contributed by atoms with E-state index in [0.717, 1.165) is 11.3 Å². The number of dihydropyridines is 1. The molecule has 1 heterocycles. The van der Waals surface area contributed by atoms with E-state index < -0.39 is 17.6 Å². The van der Waals surface area contributed by atoms with Crippen molar-refractivity contribution < 1.29 is 23.5 Å². The lowest BCUT2D eigenvalue weighted by Gasteiger charge is -2.37. The molecule has 38 heavy (non-hydrogen) atoms. The van der Waals surface area contributed by atoms with E-state index in [2.05, 4.69) is 10.6 Å². The van der Waals surface area contributed by atoms with Crippen molar-refractivity contribution in [2.75, 3.05) is 19.5 Å². The lowest BCUT2D eigenvalue weighted by molar-refractivity contribution is -0.116. The predicted molar refractivity (Wildman–Crippen MR) is 144 cm³/mol. The molecule has 0 saturated heterocycles. The third kappa shape index (κ3) is 4.79. The van der Waals surface area contributed by atoms with Crippen molar-refractivity contribution in [2.45, 2.75) is 31.6 Å². The van der Waals surface area contributed by atoms with E-state index in [1.165, 1.54) is 18.2 Å². The van der Waals surface area contributed by atoms with Crippen molar-refractivity contribution in [1.29, 1.82) is 0 Å². The molecule has 1 aliphatic heterocycles. The maximum Gasteiger partial charge on any atom is 0.254 e. The highest BCUT2D eigenvalue weighted by Crippen LogP contribution is 2.48. The summed E-state index contributed by atoms with van der Waals surface area (Å²) in [5.41, 5.74) is 4.47. The number of rotatable bonds is 6. The molecule has 2 atom stereocenters. The molecular formula is C31H29FN2O4. The van der Waals surface area contributed by atoms with Crippen LogP contribution in [0.3, 0.4) is 0 Å². The fourth-order valence-electron chi connectivity index (χ4n) is 5.43. The highest BCUT2D eigenvalue weighted by Gasteiger charge is 2.42. The number of amides is 1. The molecule has 194 valence electrons. The van der Waals surface area contributed by atoms with E-state index >= 15 is 0 Å². The molecule has 0 spiro atoms. The average molecular weight is 513 g/mol. The van der Waals surface area contributed by atoms with Crippen LogP contribution in [0.15, 0.2) is 95.3 Å². The van der Waals surface area contributed by atoms with Gasteiger partial charge in [-0.2, -0.15) is 0 Å². The molecule has 2 N–H and O–H groups in total. The van der Waals surface area contributed by atoms with Gasteiger partial charge in [-0.25, -0.2) is 4.39 Å². The zero-order valence-electron chi connectivity index (χ0n) is 21.5. The molecule has 6 nitrogen and oxygen atoms in total. The van der Waals surface area contributed by atoms with Crippen LogP contribution in [0.2, 0.25) is 0 Å². The highest BCUT2D eigenvalue weighted by atomic mass is 19.1. The van der Waals surface area contributed by atoms with E-state index in [1.54, 1.807) is 32.4 Å². The van der Waals surface area contributed by atoms with Crippen molar-refractivity contribution in [1.82, 2.24) is 5.32 Å². The minimum absolute atomic E-state index is 0.0287. The van der Waals surface area contributed by atoms with Gasteiger partial charge in [0.1, 0.15) is 17.3 Å². The van der Waals surface area contributed by atoms with Crippen LogP contribution < -0.4 is 20.1 Å². The Morgan fingerprint density at radius 2 is 1.76 bits per heavy atom. The number of hydrogen-bond donors (Lipinski definition) is 2. The maximum atomic E-state index is 13.8. The van der Waals surface area contributed by atoms with E-state index in [4.69, 9.17) is 9.47 Å². The topological polar surface area (TPSA) is 76.7 Å². The number of allylic oxidation sites excluding steroid dienone is 3. The van der Waals surface area contributed by atoms with Crippen molar-refractivity contribution in [3.63, 3.8) is 0 Å². The van der Waals surface area contributed by atoms with Crippen molar-refractivity contribution in [2.24, 2.45) is 0 Å². The van der Waals surface area contributed by atoms with Crippen molar-refractivity contribution >= 4 is 17.4 Å². The van der Waals surface area contributed by atoms with Crippen LogP contribution in [0.4, 0.5) is 10.1 Å². The normalized spacial score (nSPS) is 19.0. The van der Waals surface area contributed by atoms with Crippen molar-refractivity contribution in [3.8, 4) is 11.5 Å². The van der Waals surface area contributed by atoms with Crippen LogP contribution >= 0.6 is 0 Å². The number of benzene rings is 3. The number of halogens is 1. The van der Waals surface area contributed by atoms with Gasteiger partial charge < -0.3 is 20.1 Å². The number of hydrogen-bond acceptors (Lipinski definition) is 5. The van der Waals surface area contributed by atoms with Gasteiger partial charge in [0, 0.05) is 46.3 Å².